The fraction of sp³-hybridized carbons (Fsp3) is 0.696. The van der Waals surface area contributed by atoms with Crippen LogP contribution in [0.2, 0.25) is 0 Å². The molecular weight excluding hydrogens is 769 g/mol. The van der Waals surface area contributed by atoms with Crippen LogP contribution in [0.25, 0.3) is 0 Å². The second-order valence-electron chi connectivity index (χ2n) is 7.81. The minimum atomic E-state index is -1.10. The Morgan fingerprint density at radius 3 is 1.50 bits per heavy atom. The summed E-state index contributed by atoms with van der Waals surface area (Å²) < 4.78 is 26.1. The van der Waals surface area contributed by atoms with Crippen molar-refractivity contribution in [2.45, 2.75) is 76.4 Å². The fourth-order valence-corrected chi connectivity index (χ4v) is 6.24. The molecule has 1 heterocycles. The first kappa shape index (κ1) is 38.1. The van der Waals surface area contributed by atoms with Gasteiger partial charge in [0.1, 0.15) is 0 Å². The summed E-state index contributed by atoms with van der Waals surface area (Å²) in [4.78, 5) is 45.2. The number of esters is 4. The van der Waals surface area contributed by atoms with Gasteiger partial charge in [0.2, 0.25) is 0 Å². The van der Waals surface area contributed by atoms with E-state index in [4.69, 9.17) is 39.5 Å². The first-order valence-electron chi connectivity index (χ1n) is 11.4. The summed E-state index contributed by atoms with van der Waals surface area (Å²) in [5, 5.41) is 24.5. The molecule has 5 atom stereocenters. The molecule has 213 valence electrons. The zero-order valence-electron chi connectivity index (χ0n) is 21.6. The van der Waals surface area contributed by atoms with Crippen molar-refractivity contribution in [3.8, 4) is 18.2 Å². The summed E-state index contributed by atoms with van der Waals surface area (Å²) >= 11 is 2.13. The number of nitrogens with zero attached hydrogens (tertiary/aromatic N) is 3. The van der Waals surface area contributed by atoms with Gasteiger partial charge in [0.15, 0.2) is 0 Å². The number of nitriles is 3. The average Bonchev–Trinajstić information content (AvgIpc) is 2.81. The number of carbonyl (C=O) groups is 4. The molecule has 1 aliphatic heterocycles. The maximum atomic E-state index is 11.4. The summed E-state index contributed by atoms with van der Waals surface area (Å²) in [5.41, 5.74) is 0. The molecule has 1 aliphatic rings. The van der Waals surface area contributed by atoms with Gasteiger partial charge in [-0.05, 0) is 0 Å². The molecule has 0 N–H and O–H groups in total. The molecular formula is C23H33AuN3O9PSe+3. The Kier molecular flexibility index (Phi) is 22.0. The number of hydrogen-bond donors (Lipinski definition) is 0. The number of ether oxygens (including phenoxy) is 5. The van der Waals surface area contributed by atoms with E-state index < -0.39 is 61.2 Å². The first-order chi connectivity index (χ1) is 17.5. The van der Waals surface area contributed by atoms with E-state index in [2.05, 4.69) is 34.2 Å². The van der Waals surface area contributed by atoms with Crippen molar-refractivity contribution in [2.24, 2.45) is 0 Å². The monoisotopic (exact) mass is 803 g/mol. The molecule has 5 unspecified atom stereocenters. The van der Waals surface area contributed by atoms with Crippen LogP contribution < -0.4 is 0 Å². The molecule has 12 nitrogen and oxygen atoms in total. The van der Waals surface area contributed by atoms with E-state index in [0.717, 1.165) is 18.5 Å². The van der Waals surface area contributed by atoms with E-state index in [9.17, 15) is 19.2 Å². The summed E-state index contributed by atoms with van der Waals surface area (Å²) in [6.45, 7) is 4.53. The van der Waals surface area contributed by atoms with E-state index in [0.29, 0.717) is 19.3 Å². The molecule has 1 radical (unpaired) electrons. The van der Waals surface area contributed by atoms with Crippen LogP contribution in [-0.4, -0.2) is 94.4 Å². The van der Waals surface area contributed by atoms with Crippen LogP contribution >= 0.6 is 7.92 Å². The molecule has 0 aromatic rings. The van der Waals surface area contributed by atoms with Crippen molar-refractivity contribution in [2.75, 3.05) is 25.1 Å². The zero-order valence-corrected chi connectivity index (χ0v) is 26.6. The predicted molar refractivity (Wildman–Crippen MR) is 133 cm³/mol. The Balaban J connectivity index is 0. The number of hydrogen-bond acceptors (Lipinski definition) is 12. The van der Waals surface area contributed by atoms with Crippen molar-refractivity contribution in [3.63, 3.8) is 0 Å². The SMILES string of the molecule is CC(=O)OCC1OC([SeH+])C(OC(C)=O)C(OC(C)=O)C1OC(C)=O.N#CCC[PH+](CCC#N)CCC#N.[Au+]. The number of carbonyl (C=O) groups excluding carboxylic acids is 4. The molecule has 0 aromatic carbocycles. The van der Waals surface area contributed by atoms with Gasteiger partial charge in [0, 0.05) is 7.92 Å². The van der Waals surface area contributed by atoms with Crippen LogP contribution in [-0.2, 0) is 65.2 Å². The van der Waals surface area contributed by atoms with E-state index in [1.807, 2.05) is 0 Å². The molecule has 1 saturated heterocycles. The van der Waals surface area contributed by atoms with E-state index in [1.54, 1.807) is 0 Å². The molecule has 0 saturated carbocycles. The van der Waals surface area contributed by atoms with Crippen molar-refractivity contribution < 1.29 is 65.2 Å². The van der Waals surface area contributed by atoms with Gasteiger partial charge in [-0.1, -0.05) is 0 Å². The molecule has 15 heteroatoms. The van der Waals surface area contributed by atoms with Gasteiger partial charge in [-0.25, -0.2) is 0 Å². The van der Waals surface area contributed by atoms with Crippen molar-refractivity contribution in [1.82, 2.24) is 0 Å². The van der Waals surface area contributed by atoms with Crippen molar-refractivity contribution in [1.29, 1.82) is 15.8 Å². The minimum absolute atomic E-state index is 0. The smallest absolute Gasteiger partial charge is 0.198 e. The minimum Gasteiger partial charge on any atom is -0.198 e. The third-order valence-corrected chi connectivity index (χ3v) is 8.48. The van der Waals surface area contributed by atoms with Gasteiger partial charge in [0.25, 0.3) is 0 Å². The molecule has 1 rings (SSSR count). The zero-order chi connectivity index (χ0) is 28.4. The van der Waals surface area contributed by atoms with Crippen LogP contribution in [0.15, 0.2) is 0 Å². The molecule has 1 fully saturated rings. The normalized spacial score (nSPS) is 21.5. The van der Waals surface area contributed by atoms with E-state index in [1.165, 1.54) is 27.7 Å². The third-order valence-electron chi connectivity index (χ3n) is 4.74. The van der Waals surface area contributed by atoms with Gasteiger partial charge in [-0.2, -0.15) is 15.8 Å². The van der Waals surface area contributed by atoms with Crippen LogP contribution in [0, 0.1) is 34.0 Å². The van der Waals surface area contributed by atoms with E-state index in [-0.39, 0.29) is 29.0 Å². The van der Waals surface area contributed by atoms with Crippen LogP contribution in [0.1, 0.15) is 47.0 Å². The number of rotatable bonds is 11. The van der Waals surface area contributed by atoms with Crippen molar-refractivity contribution >= 4 is 47.8 Å². The van der Waals surface area contributed by atoms with E-state index >= 15 is 0 Å². The van der Waals surface area contributed by atoms with Gasteiger partial charge in [0.05, 0.1) is 56.0 Å². The second-order valence-corrected chi connectivity index (χ2v) is 11.9. The molecule has 38 heavy (non-hydrogen) atoms. The molecule has 0 aromatic heterocycles. The Labute approximate surface area is 247 Å². The van der Waals surface area contributed by atoms with Gasteiger partial charge >= 0.3 is 169 Å². The average molecular weight is 802 g/mol. The van der Waals surface area contributed by atoms with Crippen LogP contribution in [0.5, 0.6) is 0 Å². The van der Waals surface area contributed by atoms with Crippen LogP contribution in [0.4, 0.5) is 0 Å². The topological polar surface area (TPSA) is 186 Å². The van der Waals surface area contributed by atoms with Gasteiger partial charge in [-0.15, -0.1) is 0 Å². The Morgan fingerprint density at radius 2 is 1.13 bits per heavy atom. The molecule has 0 bridgehead atoms. The van der Waals surface area contributed by atoms with Crippen molar-refractivity contribution in [3.05, 3.63) is 0 Å². The van der Waals surface area contributed by atoms with Gasteiger partial charge < -0.3 is 0 Å². The van der Waals surface area contributed by atoms with Crippen LogP contribution in [0.3, 0.4) is 0 Å². The first-order valence-corrected chi connectivity index (χ1v) is 14.6. The van der Waals surface area contributed by atoms with Gasteiger partial charge in [-0.3, -0.25) is 0 Å². The third kappa shape index (κ3) is 16.8. The standard InChI is InChI=1S/C14H20O9Se.C9H12N3P.Au/c1-6(15)19-5-10-11(20-7(2)16)12(21-8(3)17)13(14(24)23-10)22-9(4)18;10-4-1-7-13(8-2-5-11)9-3-6-12;/h10-14,24H,5H2,1-4H3;1-3,7-9H2;/q+1;;+1/p+1. The Hall–Kier alpha value is -2.00. The fourth-order valence-electron chi connectivity index (χ4n) is 3.28. The summed E-state index contributed by atoms with van der Waals surface area (Å²) in [6, 6.07) is 6.33. The summed E-state index contributed by atoms with van der Waals surface area (Å²) in [5.74, 6) is -2.47. The quantitative estimate of drug-likeness (QED) is 0.125. The largest absolute Gasteiger partial charge is 1.00 e. The molecule has 0 amide bonds. The maximum Gasteiger partial charge on any atom is 1.00 e. The molecule has 0 aliphatic carbocycles. The second kappa shape index (κ2) is 21.9. The maximum absolute atomic E-state index is 11.4. The Morgan fingerprint density at radius 1 is 0.737 bits per heavy atom. The predicted octanol–water partition coefficient (Wildman–Crippen LogP) is 0.909. The molecule has 0 spiro atoms. The Bertz CT molecular complexity index is 863. The summed E-state index contributed by atoms with van der Waals surface area (Å²) in [6.07, 6.45) is 0.403. The summed E-state index contributed by atoms with van der Waals surface area (Å²) in [7, 11) is -0.600.